The highest BCUT2D eigenvalue weighted by Gasteiger charge is 2.13. The first kappa shape index (κ1) is 14.8. The topological polar surface area (TPSA) is 84.4 Å². The van der Waals surface area contributed by atoms with Gasteiger partial charge < -0.3 is 19.6 Å². The van der Waals surface area contributed by atoms with Crippen LogP contribution >= 0.6 is 0 Å². The minimum Gasteiger partial charge on any atom is -0.493 e. The lowest BCUT2D eigenvalue weighted by atomic mass is 10.2. The van der Waals surface area contributed by atoms with Crippen LogP contribution in [0.1, 0.15) is 6.92 Å². The fourth-order valence-corrected chi connectivity index (χ4v) is 1.70. The summed E-state index contributed by atoms with van der Waals surface area (Å²) < 4.78 is 34.2. The molecule has 1 heterocycles. The molecule has 0 unspecified atom stereocenters. The second-order valence-corrected chi connectivity index (χ2v) is 3.93. The summed E-state index contributed by atoms with van der Waals surface area (Å²) in [6.45, 7) is -1.05. The maximum Gasteiger partial charge on any atom is 0.387 e. The summed E-state index contributed by atoms with van der Waals surface area (Å²) in [5, 5.41) is 9.32. The number of aromatic nitrogens is 2. The Morgan fingerprint density at radius 3 is 2.71 bits per heavy atom. The second kappa shape index (κ2) is 6.21. The molecule has 1 aromatic heterocycles. The molecule has 6 nitrogen and oxygen atoms in total. The van der Waals surface area contributed by atoms with Crippen LogP contribution in [-0.2, 0) is 0 Å². The Balaban J connectivity index is 2.45. The first-order valence-corrected chi connectivity index (χ1v) is 6.02. The van der Waals surface area contributed by atoms with Gasteiger partial charge in [0, 0.05) is 5.56 Å². The fourth-order valence-electron chi connectivity index (χ4n) is 1.70. The average molecular weight is 298 g/mol. The van der Waals surface area contributed by atoms with E-state index >= 15 is 0 Å². The van der Waals surface area contributed by atoms with Gasteiger partial charge >= 0.3 is 6.61 Å². The quantitative estimate of drug-likeness (QED) is 0.883. The molecule has 1 aromatic carbocycles. The van der Waals surface area contributed by atoms with Crippen molar-refractivity contribution in [1.82, 2.24) is 9.97 Å². The Bertz CT molecular complexity index is 688. The highest BCUT2D eigenvalue weighted by molar-refractivity contribution is 5.61. The van der Waals surface area contributed by atoms with E-state index in [1.54, 1.807) is 6.92 Å². The number of halogens is 2. The highest BCUT2D eigenvalue weighted by atomic mass is 19.3. The van der Waals surface area contributed by atoms with Gasteiger partial charge in [0.1, 0.15) is 5.82 Å². The maximum absolute atomic E-state index is 12.3. The molecule has 0 bridgehead atoms. The standard InChI is InChI=1S/C13H12F2N2O4/c1-2-20-9-5-7(3-4-8(9)21-13(14)15)12-16-10(18)6-11(19)17-12/h3-6,13H,2H2,1H3,(H2,16,17,18,19). The van der Waals surface area contributed by atoms with Crippen LogP contribution in [0.2, 0.25) is 0 Å². The van der Waals surface area contributed by atoms with Crippen LogP contribution in [0, 0.1) is 0 Å². The van der Waals surface area contributed by atoms with Gasteiger partial charge in [-0.3, -0.25) is 4.79 Å². The Hall–Kier alpha value is -2.64. The van der Waals surface area contributed by atoms with Crippen LogP contribution in [0.3, 0.4) is 0 Å². The van der Waals surface area contributed by atoms with Gasteiger partial charge in [-0.15, -0.1) is 0 Å². The molecule has 0 aliphatic heterocycles. The number of hydrogen-bond acceptors (Lipinski definition) is 5. The van der Waals surface area contributed by atoms with Crippen LogP contribution in [0.4, 0.5) is 8.78 Å². The predicted octanol–water partition coefficient (Wildman–Crippen LogP) is 2.14. The van der Waals surface area contributed by atoms with Crippen LogP contribution in [0.5, 0.6) is 17.4 Å². The molecular weight excluding hydrogens is 286 g/mol. The molecule has 0 saturated heterocycles. The van der Waals surface area contributed by atoms with Crippen molar-refractivity contribution in [2.75, 3.05) is 6.61 Å². The second-order valence-electron chi connectivity index (χ2n) is 3.93. The van der Waals surface area contributed by atoms with Gasteiger partial charge in [-0.25, -0.2) is 0 Å². The molecule has 2 N–H and O–H groups in total. The van der Waals surface area contributed by atoms with Crippen molar-refractivity contribution in [1.29, 1.82) is 0 Å². The average Bonchev–Trinajstić information content (AvgIpc) is 2.39. The molecule has 21 heavy (non-hydrogen) atoms. The molecule has 2 rings (SSSR count). The highest BCUT2D eigenvalue weighted by Crippen LogP contribution is 2.32. The van der Waals surface area contributed by atoms with E-state index in [9.17, 15) is 18.7 Å². The summed E-state index contributed by atoms with van der Waals surface area (Å²) in [4.78, 5) is 17.5. The zero-order valence-corrected chi connectivity index (χ0v) is 11.0. The molecule has 0 saturated carbocycles. The summed E-state index contributed by atoms with van der Waals surface area (Å²) in [6.07, 6.45) is 0. The van der Waals surface area contributed by atoms with E-state index in [0.717, 1.165) is 6.07 Å². The number of hydrogen-bond donors (Lipinski definition) is 2. The number of ether oxygens (including phenoxy) is 2. The zero-order valence-electron chi connectivity index (χ0n) is 11.0. The van der Waals surface area contributed by atoms with Gasteiger partial charge in [-0.05, 0) is 25.1 Å². The molecule has 0 aliphatic carbocycles. The number of H-pyrrole nitrogens is 1. The van der Waals surface area contributed by atoms with Gasteiger partial charge in [0.15, 0.2) is 11.5 Å². The minimum atomic E-state index is -2.98. The van der Waals surface area contributed by atoms with E-state index in [2.05, 4.69) is 14.7 Å². The molecule has 0 radical (unpaired) electrons. The van der Waals surface area contributed by atoms with E-state index in [0.29, 0.717) is 5.56 Å². The fraction of sp³-hybridized carbons (Fsp3) is 0.231. The normalized spacial score (nSPS) is 10.7. The number of benzene rings is 1. The molecule has 0 spiro atoms. The third-order valence-electron chi connectivity index (χ3n) is 2.46. The summed E-state index contributed by atoms with van der Waals surface area (Å²) in [6, 6.07) is 4.99. The Kier molecular flexibility index (Phi) is 4.36. The molecule has 0 amide bonds. The van der Waals surface area contributed by atoms with Crippen LogP contribution in [0.15, 0.2) is 29.1 Å². The lowest BCUT2D eigenvalue weighted by Gasteiger charge is -2.12. The molecule has 0 aliphatic rings. The van der Waals surface area contributed by atoms with Crippen LogP contribution in [-0.4, -0.2) is 28.3 Å². The Morgan fingerprint density at radius 1 is 1.33 bits per heavy atom. The Morgan fingerprint density at radius 2 is 2.10 bits per heavy atom. The van der Waals surface area contributed by atoms with Crippen molar-refractivity contribution in [2.24, 2.45) is 0 Å². The molecule has 112 valence electrons. The zero-order chi connectivity index (χ0) is 15.4. The third kappa shape index (κ3) is 3.68. The maximum atomic E-state index is 12.3. The van der Waals surface area contributed by atoms with Crippen molar-refractivity contribution >= 4 is 0 Å². The third-order valence-corrected chi connectivity index (χ3v) is 2.46. The monoisotopic (exact) mass is 298 g/mol. The van der Waals surface area contributed by atoms with Crippen LogP contribution in [0.25, 0.3) is 11.4 Å². The number of aromatic amines is 1. The number of rotatable bonds is 5. The molecule has 8 heteroatoms. The van der Waals surface area contributed by atoms with Crippen molar-refractivity contribution < 1.29 is 23.4 Å². The SMILES string of the molecule is CCOc1cc(-c2nc(O)cc(=O)[nH]2)ccc1OC(F)F. The minimum absolute atomic E-state index is 0.0845. The van der Waals surface area contributed by atoms with Gasteiger partial charge in [-0.2, -0.15) is 13.8 Å². The van der Waals surface area contributed by atoms with E-state index in [1.807, 2.05) is 0 Å². The smallest absolute Gasteiger partial charge is 0.387 e. The summed E-state index contributed by atoms with van der Waals surface area (Å²) >= 11 is 0. The molecule has 0 atom stereocenters. The number of alkyl halides is 2. The predicted molar refractivity (Wildman–Crippen MR) is 69.8 cm³/mol. The van der Waals surface area contributed by atoms with Crippen LogP contribution < -0.4 is 15.0 Å². The van der Waals surface area contributed by atoms with E-state index in [1.165, 1.54) is 18.2 Å². The summed E-state index contributed by atoms with van der Waals surface area (Å²) in [5.74, 6) is -0.399. The van der Waals surface area contributed by atoms with Gasteiger partial charge in [0.25, 0.3) is 5.56 Å². The molecule has 0 fully saturated rings. The number of aromatic hydroxyl groups is 1. The summed E-state index contributed by atoms with van der Waals surface area (Å²) in [7, 11) is 0. The van der Waals surface area contributed by atoms with Gasteiger partial charge in [-0.1, -0.05) is 0 Å². The van der Waals surface area contributed by atoms with E-state index < -0.39 is 18.1 Å². The van der Waals surface area contributed by atoms with E-state index in [-0.39, 0.29) is 23.9 Å². The largest absolute Gasteiger partial charge is 0.493 e. The number of nitrogens with one attached hydrogen (secondary N) is 1. The lowest BCUT2D eigenvalue weighted by molar-refractivity contribution is -0.0514. The van der Waals surface area contributed by atoms with E-state index in [4.69, 9.17) is 4.74 Å². The summed E-state index contributed by atoms with van der Waals surface area (Å²) in [5.41, 5.74) is -0.156. The molecule has 2 aromatic rings. The molecular formula is C13H12F2N2O4. The number of nitrogens with zero attached hydrogens (tertiary/aromatic N) is 1. The first-order valence-electron chi connectivity index (χ1n) is 6.02. The van der Waals surface area contributed by atoms with Crippen molar-refractivity contribution in [3.63, 3.8) is 0 Å². The first-order chi connectivity index (χ1) is 9.99. The van der Waals surface area contributed by atoms with Gasteiger partial charge in [0.05, 0.1) is 12.7 Å². The van der Waals surface area contributed by atoms with Crippen molar-refractivity contribution in [2.45, 2.75) is 13.5 Å². The van der Waals surface area contributed by atoms with Crippen molar-refractivity contribution in [3.05, 3.63) is 34.6 Å². The van der Waals surface area contributed by atoms with Gasteiger partial charge in [0.2, 0.25) is 5.88 Å². The Labute approximate surface area is 118 Å². The van der Waals surface area contributed by atoms with Crippen molar-refractivity contribution in [3.8, 4) is 28.8 Å². The lowest BCUT2D eigenvalue weighted by Crippen LogP contribution is -2.07.